The lowest BCUT2D eigenvalue weighted by atomic mass is 10.1. The third-order valence-corrected chi connectivity index (χ3v) is 4.78. The third kappa shape index (κ3) is 3.61. The normalized spacial score (nSPS) is 12.0. The summed E-state index contributed by atoms with van der Waals surface area (Å²) in [7, 11) is 1.73. The predicted molar refractivity (Wildman–Crippen MR) is 96.0 cm³/mol. The number of benzene rings is 2. The van der Waals surface area contributed by atoms with Gasteiger partial charge in [0, 0.05) is 11.5 Å². The van der Waals surface area contributed by atoms with E-state index in [2.05, 4.69) is 26.0 Å². The van der Waals surface area contributed by atoms with Gasteiger partial charge in [0.25, 0.3) is 5.91 Å². The molecule has 0 radical (unpaired) electrons. The SMILES string of the molecule is CC(c1ccc(-n2cncn2)cc1)N(C)C(=O)c1ccc(F)cc1Br. The Labute approximate surface area is 153 Å². The Kier molecular flexibility index (Phi) is 4.94. The Balaban J connectivity index is 1.79. The zero-order valence-corrected chi connectivity index (χ0v) is 15.3. The molecule has 0 saturated heterocycles. The number of nitrogens with zero attached hydrogens (tertiary/aromatic N) is 4. The molecule has 1 amide bonds. The second-order valence-electron chi connectivity index (χ2n) is 5.65. The highest BCUT2D eigenvalue weighted by Gasteiger charge is 2.21. The Hall–Kier alpha value is -2.54. The first-order valence-corrected chi connectivity index (χ1v) is 8.44. The number of aromatic nitrogens is 3. The molecule has 1 unspecified atom stereocenters. The molecule has 1 atom stereocenters. The first-order valence-electron chi connectivity index (χ1n) is 7.64. The van der Waals surface area contributed by atoms with Gasteiger partial charge in [0.2, 0.25) is 0 Å². The number of hydrogen-bond acceptors (Lipinski definition) is 3. The van der Waals surface area contributed by atoms with E-state index in [0.717, 1.165) is 11.3 Å². The van der Waals surface area contributed by atoms with Crippen LogP contribution in [0.2, 0.25) is 0 Å². The molecule has 0 aliphatic heterocycles. The van der Waals surface area contributed by atoms with Gasteiger partial charge in [0.1, 0.15) is 18.5 Å². The summed E-state index contributed by atoms with van der Waals surface area (Å²) in [6.07, 6.45) is 3.10. The molecule has 0 aliphatic rings. The van der Waals surface area contributed by atoms with E-state index in [1.807, 2.05) is 31.2 Å². The molecule has 0 aliphatic carbocycles. The molecular weight excluding hydrogens is 387 g/mol. The standard InChI is InChI=1S/C18H16BrFN4O/c1-12(13-3-6-15(7-4-13)24-11-21-10-22-24)23(2)18(25)16-8-5-14(20)9-17(16)19/h3-12H,1-2H3. The van der Waals surface area contributed by atoms with Crippen molar-refractivity contribution in [1.29, 1.82) is 0 Å². The van der Waals surface area contributed by atoms with Gasteiger partial charge in [-0.2, -0.15) is 5.10 Å². The van der Waals surface area contributed by atoms with Crippen LogP contribution >= 0.6 is 15.9 Å². The van der Waals surface area contributed by atoms with Gasteiger partial charge in [0.05, 0.1) is 17.3 Å². The molecule has 128 valence electrons. The summed E-state index contributed by atoms with van der Waals surface area (Å²) in [5, 5.41) is 4.09. The smallest absolute Gasteiger partial charge is 0.255 e. The van der Waals surface area contributed by atoms with Crippen molar-refractivity contribution >= 4 is 21.8 Å². The molecule has 0 bridgehead atoms. The van der Waals surface area contributed by atoms with Crippen molar-refractivity contribution in [3.8, 4) is 5.69 Å². The van der Waals surface area contributed by atoms with Crippen molar-refractivity contribution in [2.45, 2.75) is 13.0 Å². The highest BCUT2D eigenvalue weighted by atomic mass is 79.9. The molecule has 0 N–H and O–H groups in total. The highest BCUT2D eigenvalue weighted by Crippen LogP contribution is 2.25. The predicted octanol–water partition coefficient (Wildman–Crippen LogP) is 4.00. The van der Waals surface area contributed by atoms with Crippen LogP contribution in [0.3, 0.4) is 0 Å². The molecule has 0 fully saturated rings. The fraction of sp³-hybridized carbons (Fsp3) is 0.167. The van der Waals surface area contributed by atoms with Crippen LogP contribution in [-0.4, -0.2) is 32.6 Å². The molecule has 7 heteroatoms. The van der Waals surface area contributed by atoms with Crippen LogP contribution in [0, 0.1) is 5.82 Å². The largest absolute Gasteiger partial charge is 0.335 e. The topological polar surface area (TPSA) is 51.0 Å². The van der Waals surface area contributed by atoms with Crippen LogP contribution < -0.4 is 0 Å². The van der Waals surface area contributed by atoms with Crippen LogP contribution in [0.1, 0.15) is 28.9 Å². The first-order chi connectivity index (χ1) is 12.0. The van der Waals surface area contributed by atoms with E-state index >= 15 is 0 Å². The van der Waals surface area contributed by atoms with Crippen molar-refractivity contribution in [1.82, 2.24) is 19.7 Å². The second-order valence-corrected chi connectivity index (χ2v) is 6.50. The molecule has 25 heavy (non-hydrogen) atoms. The molecule has 0 saturated carbocycles. The van der Waals surface area contributed by atoms with E-state index in [1.165, 1.54) is 24.5 Å². The molecule has 2 aromatic carbocycles. The van der Waals surface area contributed by atoms with E-state index in [1.54, 1.807) is 23.0 Å². The summed E-state index contributed by atoms with van der Waals surface area (Å²) >= 11 is 3.25. The van der Waals surface area contributed by atoms with Crippen LogP contribution in [0.25, 0.3) is 5.69 Å². The van der Waals surface area contributed by atoms with E-state index in [-0.39, 0.29) is 17.8 Å². The maximum absolute atomic E-state index is 13.2. The van der Waals surface area contributed by atoms with Gasteiger partial charge in [-0.1, -0.05) is 12.1 Å². The number of rotatable bonds is 4. The Bertz CT molecular complexity index is 881. The zero-order chi connectivity index (χ0) is 18.0. The fourth-order valence-corrected chi connectivity index (χ4v) is 3.02. The van der Waals surface area contributed by atoms with Crippen LogP contribution in [0.15, 0.2) is 59.6 Å². The number of halogens is 2. The number of carbonyl (C=O) groups is 1. The number of hydrogen-bond donors (Lipinski definition) is 0. The summed E-state index contributed by atoms with van der Waals surface area (Å²) in [5.41, 5.74) is 2.30. The summed E-state index contributed by atoms with van der Waals surface area (Å²) in [4.78, 5) is 18.2. The Morgan fingerprint density at radius 1 is 1.24 bits per heavy atom. The van der Waals surface area contributed by atoms with Gasteiger partial charge >= 0.3 is 0 Å². The van der Waals surface area contributed by atoms with E-state index in [0.29, 0.717) is 10.0 Å². The molecular formula is C18H16BrFN4O. The number of carbonyl (C=O) groups excluding carboxylic acids is 1. The van der Waals surface area contributed by atoms with Crippen molar-refractivity contribution in [2.75, 3.05) is 7.05 Å². The average molecular weight is 403 g/mol. The zero-order valence-electron chi connectivity index (χ0n) is 13.7. The molecule has 3 aromatic rings. The van der Waals surface area contributed by atoms with E-state index in [9.17, 15) is 9.18 Å². The summed E-state index contributed by atoms with van der Waals surface area (Å²) in [6.45, 7) is 1.94. The lowest BCUT2D eigenvalue weighted by Crippen LogP contribution is -2.30. The maximum Gasteiger partial charge on any atom is 0.255 e. The van der Waals surface area contributed by atoms with Crippen molar-refractivity contribution in [3.63, 3.8) is 0 Å². The molecule has 1 aromatic heterocycles. The summed E-state index contributed by atoms with van der Waals surface area (Å²) in [5.74, 6) is -0.567. The van der Waals surface area contributed by atoms with Gasteiger partial charge < -0.3 is 4.90 Å². The van der Waals surface area contributed by atoms with Crippen molar-refractivity contribution in [3.05, 3.63) is 76.5 Å². The van der Waals surface area contributed by atoms with Crippen LogP contribution in [0.4, 0.5) is 4.39 Å². The third-order valence-electron chi connectivity index (χ3n) is 4.12. The van der Waals surface area contributed by atoms with Crippen molar-refractivity contribution < 1.29 is 9.18 Å². The van der Waals surface area contributed by atoms with Crippen LogP contribution in [-0.2, 0) is 0 Å². The Morgan fingerprint density at radius 2 is 1.96 bits per heavy atom. The quantitative estimate of drug-likeness (QED) is 0.662. The minimum atomic E-state index is -0.386. The molecule has 0 spiro atoms. The van der Waals surface area contributed by atoms with Gasteiger partial charge in [-0.15, -0.1) is 0 Å². The van der Waals surface area contributed by atoms with Gasteiger partial charge in [-0.3, -0.25) is 4.79 Å². The average Bonchev–Trinajstić information content (AvgIpc) is 3.15. The maximum atomic E-state index is 13.2. The molecule has 5 nitrogen and oxygen atoms in total. The second kappa shape index (κ2) is 7.14. The summed E-state index contributed by atoms with van der Waals surface area (Å²) in [6, 6.07) is 11.7. The number of amides is 1. The van der Waals surface area contributed by atoms with E-state index in [4.69, 9.17) is 0 Å². The van der Waals surface area contributed by atoms with E-state index < -0.39 is 0 Å². The first kappa shape index (κ1) is 17.3. The van der Waals surface area contributed by atoms with Crippen molar-refractivity contribution in [2.24, 2.45) is 0 Å². The highest BCUT2D eigenvalue weighted by molar-refractivity contribution is 9.10. The van der Waals surface area contributed by atoms with Gasteiger partial charge in [-0.25, -0.2) is 14.1 Å². The van der Waals surface area contributed by atoms with Gasteiger partial charge in [-0.05, 0) is 58.7 Å². The minimum absolute atomic E-state index is 0.144. The molecule has 1 heterocycles. The minimum Gasteiger partial charge on any atom is -0.335 e. The summed E-state index contributed by atoms with van der Waals surface area (Å²) < 4.78 is 15.3. The Morgan fingerprint density at radius 3 is 2.56 bits per heavy atom. The lowest BCUT2D eigenvalue weighted by Gasteiger charge is -2.26. The lowest BCUT2D eigenvalue weighted by molar-refractivity contribution is 0.0741. The molecule has 3 rings (SSSR count). The fourth-order valence-electron chi connectivity index (χ4n) is 2.50. The van der Waals surface area contributed by atoms with Gasteiger partial charge in [0.15, 0.2) is 0 Å². The van der Waals surface area contributed by atoms with Crippen LogP contribution in [0.5, 0.6) is 0 Å². The monoisotopic (exact) mass is 402 g/mol.